The fourth-order valence-corrected chi connectivity index (χ4v) is 5.73. The molecule has 212 valence electrons. The minimum Gasteiger partial charge on any atom is -0.493 e. The quantitative estimate of drug-likeness (QED) is 0.450. The lowest BCUT2D eigenvalue weighted by Crippen LogP contribution is -2.45. The summed E-state index contributed by atoms with van der Waals surface area (Å²) in [6.07, 6.45) is 4.01. The highest BCUT2D eigenvalue weighted by molar-refractivity contribution is 5.94. The summed E-state index contributed by atoms with van der Waals surface area (Å²) in [5.74, 6) is 0.924. The van der Waals surface area contributed by atoms with Gasteiger partial charge in [-0.2, -0.15) is 0 Å². The second kappa shape index (κ2) is 11.6. The molecule has 2 fully saturated rings. The van der Waals surface area contributed by atoms with Gasteiger partial charge in [0.2, 0.25) is 5.91 Å². The molecule has 0 N–H and O–H groups in total. The number of nitrogens with zero attached hydrogens (tertiary/aromatic N) is 4. The Balaban J connectivity index is 1.54. The van der Waals surface area contributed by atoms with E-state index in [2.05, 4.69) is 6.92 Å². The summed E-state index contributed by atoms with van der Waals surface area (Å²) in [5.41, 5.74) is 0.509. The molecule has 10 heteroatoms. The number of carbonyl (C=O) groups is 2. The number of carbonyl (C=O) groups excluding carboxylic acids is 2. The smallest absolute Gasteiger partial charge is 0.332 e. The lowest BCUT2D eigenvalue weighted by Gasteiger charge is -2.31. The number of methoxy groups -OCH3 is 2. The van der Waals surface area contributed by atoms with E-state index >= 15 is 0 Å². The maximum atomic E-state index is 13.8. The summed E-state index contributed by atoms with van der Waals surface area (Å²) in [6.45, 7) is 4.73. The van der Waals surface area contributed by atoms with Gasteiger partial charge in [-0.1, -0.05) is 19.1 Å². The molecule has 2 saturated heterocycles. The van der Waals surface area contributed by atoms with Gasteiger partial charge < -0.3 is 19.3 Å². The number of amides is 2. The molecule has 0 spiro atoms. The summed E-state index contributed by atoms with van der Waals surface area (Å²) >= 11 is 0. The maximum Gasteiger partial charge on any atom is 0.332 e. The van der Waals surface area contributed by atoms with Crippen molar-refractivity contribution in [1.82, 2.24) is 18.9 Å². The van der Waals surface area contributed by atoms with Crippen LogP contribution < -0.4 is 20.7 Å². The zero-order valence-electron chi connectivity index (χ0n) is 23.4. The highest BCUT2D eigenvalue weighted by atomic mass is 16.5. The molecule has 0 saturated carbocycles. The van der Waals surface area contributed by atoms with E-state index in [4.69, 9.17) is 9.47 Å². The molecule has 2 aromatic carbocycles. The number of hydrogen-bond acceptors (Lipinski definition) is 6. The summed E-state index contributed by atoms with van der Waals surface area (Å²) in [4.78, 5) is 57.2. The summed E-state index contributed by atoms with van der Waals surface area (Å²) < 4.78 is 13.3. The number of hydrogen-bond donors (Lipinski definition) is 0. The molecule has 3 aromatic rings. The number of fused-ring (bicyclic) bond motifs is 1. The molecule has 2 aliphatic heterocycles. The predicted molar refractivity (Wildman–Crippen MR) is 151 cm³/mol. The molecule has 0 aliphatic carbocycles. The summed E-state index contributed by atoms with van der Waals surface area (Å²) in [7, 11) is 2.95. The van der Waals surface area contributed by atoms with Crippen LogP contribution in [0.25, 0.3) is 10.9 Å². The SMILES string of the molecule is COc1cc2c(=O)n(Cc3ccc(C(=O)N4CCCC4)cc3)c(=O)n(CC(=O)N3CCC[C@H](C)C3)c2cc1OC. The van der Waals surface area contributed by atoms with Crippen LogP contribution in [0.4, 0.5) is 0 Å². The van der Waals surface area contributed by atoms with Crippen LogP contribution in [0.3, 0.4) is 0 Å². The van der Waals surface area contributed by atoms with E-state index < -0.39 is 11.2 Å². The average molecular weight is 549 g/mol. The predicted octanol–water partition coefficient (Wildman–Crippen LogP) is 2.72. The Morgan fingerprint density at radius 1 is 0.875 bits per heavy atom. The van der Waals surface area contributed by atoms with Crippen LogP contribution in [-0.4, -0.2) is 71.1 Å². The third kappa shape index (κ3) is 5.35. The van der Waals surface area contributed by atoms with Gasteiger partial charge in [-0.3, -0.25) is 23.5 Å². The monoisotopic (exact) mass is 548 g/mol. The number of ether oxygens (including phenoxy) is 2. The zero-order chi connectivity index (χ0) is 28.4. The van der Waals surface area contributed by atoms with Crippen LogP contribution in [0.15, 0.2) is 46.0 Å². The van der Waals surface area contributed by atoms with Crippen LogP contribution in [0.2, 0.25) is 0 Å². The van der Waals surface area contributed by atoms with Gasteiger partial charge in [0.05, 0.1) is 31.7 Å². The first-order chi connectivity index (χ1) is 19.3. The van der Waals surface area contributed by atoms with Crippen molar-refractivity contribution in [2.45, 2.75) is 45.7 Å². The van der Waals surface area contributed by atoms with Gasteiger partial charge in [0, 0.05) is 37.8 Å². The van der Waals surface area contributed by atoms with Crippen LogP contribution in [0, 0.1) is 5.92 Å². The Kier molecular flexibility index (Phi) is 7.95. The highest BCUT2D eigenvalue weighted by Crippen LogP contribution is 2.30. The lowest BCUT2D eigenvalue weighted by atomic mass is 10.0. The normalized spacial score (nSPS) is 17.3. The minimum atomic E-state index is -0.583. The third-order valence-electron chi connectivity index (χ3n) is 7.97. The van der Waals surface area contributed by atoms with Crippen LogP contribution in [0.5, 0.6) is 11.5 Å². The lowest BCUT2D eigenvalue weighted by molar-refractivity contribution is -0.133. The molecule has 2 aliphatic rings. The second-order valence-corrected chi connectivity index (χ2v) is 10.8. The van der Waals surface area contributed by atoms with Crippen LogP contribution in [0.1, 0.15) is 48.5 Å². The Morgan fingerprint density at radius 3 is 2.17 bits per heavy atom. The highest BCUT2D eigenvalue weighted by Gasteiger charge is 2.24. The number of piperidine rings is 1. The first-order valence-corrected chi connectivity index (χ1v) is 13.9. The van der Waals surface area contributed by atoms with Crippen molar-refractivity contribution in [3.63, 3.8) is 0 Å². The van der Waals surface area contributed by atoms with E-state index in [9.17, 15) is 19.2 Å². The van der Waals surface area contributed by atoms with E-state index in [1.54, 1.807) is 41.3 Å². The Morgan fingerprint density at radius 2 is 1.52 bits per heavy atom. The van der Waals surface area contributed by atoms with Crippen molar-refractivity contribution >= 4 is 22.7 Å². The average Bonchev–Trinajstić information content (AvgIpc) is 3.52. The van der Waals surface area contributed by atoms with Crippen molar-refractivity contribution < 1.29 is 19.1 Å². The molecular weight excluding hydrogens is 512 g/mol. The van der Waals surface area contributed by atoms with E-state index in [0.29, 0.717) is 47.2 Å². The third-order valence-corrected chi connectivity index (χ3v) is 7.97. The van der Waals surface area contributed by atoms with Gasteiger partial charge in [-0.15, -0.1) is 0 Å². The van der Waals surface area contributed by atoms with Crippen molar-refractivity contribution in [2.24, 2.45) is 5.92 Å². The number of aromatic nitrogens is 2. The van der Waals surface area contributed by atoms with Gasteiger partial charge >= 0.3 is 5.69 Å². The van der Waals surface area contributed by atoms with Crippen molar-refractivity contribution in [1.29, 1.82) is 0 Å². The van der Waals surface area contributed by atoms with E-state index in [1.807, 2.05) is 4.90 Å². The van der Waals surface area contributed by atoms with Gasteiger partial charge in [0.15, 0.2) is 11.5 Å². The Hall–Kier alpha value is -4.08. The number of likely N-dealkylation sites (tertiary alicyclic amines) is 2. The molecule has 40 heavy (non-hydrogen) atoms. The molecule has 0 radical (unpaired) electrons. The van der Waals surface area contributed by atoms with Crippen molar-refractivity contribution in [2.75, 3.05) is 40.4 Å². The summed E-state index contributed by atoms with van der Waals surface area (Å²) in [5, 5.41) is 0.248. The van der Waals surface area contributed by atoms with Gasteiger partial charge in [0.25, 0.3) is 11.5 Å². The number of benzene rings is 2. The molecule has 0 unspecified atom stereocenters. The molecule has 5 rings (SSSR count). The standard InChI is InChI=1S/C30H36N4O6/c1-20-7-6-14-32(17-20)27(35)19-33-24-16-26(40-3)25(39-2)15-23(24)29(37)34(30(33)38)18-21-8-10-22(11-9-21)28(36)31-12-4-5-13-31/h8-11,15-16,20H,4-7,12-14,17-19H2,1-3H3/t20-/m0/s1. The molecule has 10 nitrogen and oxygen atoms in total. The van der Waals surface area contributed by atoms with Crippen LogP contribution >= 0.6 is 0 Å². The van der Waals surface area contributed by atoms with Gasteiger partial charge in [0.1, 0.15) is 6.54 Å². The van der Waals surface area contributed by atoms with E-state index in [1.165, 1.54) is 18.8 Å². The largest absolute Gasteiger partial charge is 0.493 e. The topological polar surface area (TPSA) is 103 Å². The minimum absolute atomic E-state index is 0.00489. The zero-order valence-corrected chi connectivity index (χ0v) is 23.4. The molecular formula is C30H36N4O6. The fourth-order valence-electron chi connectivity index (χ4n) is 5.73. The summed E-state index contributed by atoms with van der Waals surface area (Å²) in [6, 6.07) is 10.1. The van der Waals surface area contributed by atoms with Crippen LogP contribution in [-0.2, 0) is 17.9 Å². The molecule has 2 amide bonds. The molecule has 1 atom stereocenters. The van der Waals surface area contributed by atoms with Crippen molar-refractivity contribution in [3.05, 3.63) is 68.4 Å². The first kappa shape index (κ1) is 27.5. The maximum absolute atomic E-state index is 13.8. The molecule has 1 aromatic heterocycles. The first-order valence-electron chi connectivity index (χ1n) is 13.9. The van der Waals surface area contributed by atoms with Gasteiger partial charge in [-0.25, -0.2) is 4.79 Å². The Labute approximate surface area is 232 Å². The molecule has 3 heterocycles. The molecule has 0 bridgehead atoms. The second-order valence-electron chi connectivity index (χ2n) is 10.8. The number of rotatable bonds is 7. The van der Waals surface area contributed by atoms with E-state index in [-0.39, 0.29) is 30.3 Å². The fraction of sp³-hybridized carbons (Fsp3) is 0.467. The Bertz CT molecular complexity index is 1540. The van der Waals surface area contributed by atoms with E-state index in [0.717, 1.165) is 43.3 Å². The van der Waals surface area contributed by atoms with Gasteiger partial charge in [-0.05, 0) is 55.4 Å². The van der Waals surface area contributed by atoms with Crippen molar-refractivity contribution in [3.8, 4) is 11.5 Å².